The Hall–Kier alpha value is -2.03. The van der Waals surface area contributed by atoms with E-state index >= 15 is 0 Å². The largest absolute Gasteiger partial charge is 0.497 e. The molecule has 1 rings (SSSR count). The molecule has 0 saturated heterocycles. The van der Waals surface area contributed by atoms with Gasteiger partial charge in [0.05, 0.1) is 18.9 Å². The third kappa shape index (κ3) is 3.28. The monoisotopic (exact) mass is 218 g/mol. The zero-order valence-corrected chi connectivity index (χ0v) is 9.40. The second kappa shape index (κ2) is 5.75. The van der Waals surface area contributed by atoms with Crippen LogP contribution in [0.15, 0.2) is 48.8 Å². The van der Waals surface area contributed by atoms with Gasteiger partial charge in [0.1, 0.15) is 5.75 Å². The summed E-state index contributed by atoms with van der Waals surface area (Å²) < 4.78 is 9.96. The predicted molar refractivity (Wildman–Crippen MR) is 62.4 cm³/mol. The first-order valence-corrected chi connectivity index (χ1v) is 4.81. The first-order valence-electron chi connectivity index (χ1n) is 4.81. The van der Waals surface area contributed by atoms with Crippen LogP contribution in [0.1, 0.15) is 17.3 Å². The van der Waals surface area contributed by atoms with E-state index in [4.69, 9.17) is 9.47 Å². The van der Waals surface area contributed by atoms with Gasteiger partial charge in [0.2, 0.25) is 0 Å². The Morgan fingerprint density at radius 3 is 2.81 bits per heavy atom. The van der Waals surface area contributed by atoms with Crippen molar-refractivity contribution in [1.29, 1.82) is 0 Å². The molecule has 3 heteroatoms. The number of carbonyl (C=O) groups is 1. The van der Waals surface area contributed by atoms with Crippen molar-refractivity contribution >= 4 is 5.97 Å². The topological polar surface area (TPSA) is 35.5 Å². The highest BCUT2D eigenvalue weighted by Gasteiger charge is 2.06. The van der Waals surface area contributed by atoms with Gasteiger partial charge in [0.15, 0.2) is 0 Å². The molecule has 0 N–H and O–H groups in total. The number of ether oxygens (including phenoxy) is 2. The minimum Gasteiger partial charge on any atom is -0.497 e. The molecule has 16 heavy (non-hydrogen) atoms. The Morgan fingerprint density at radius 2 is 2.19 bits per heavy atom. The molecule has 0 amide bonds. The molecular weight excluding hydrogens is 204 g/mol. The molecule has 0 aliphatic heterocycles. The third-order valence-corrected chi connectivity index (χ3v) is 1.98. The molecule has 84 valence electrons. The summed E-state index contributed by atoms with van der Waals surface area (Å²) in [6.07, 6.45) is 2.98. The second-order valence-corrected chi connectivity index (χ2v) is 3.20. The third-order valence-electron chi connectivity index (χ3n) is 1.98. The molecule has 0 aliphatic rings. The molecule has 0 unspecified atom stereocenters. The van der Waals surface area contributed by atoms with E-state index in [9.17, 15) is 4.79 Å². The Labute approximate surface area is 95.0 Å². The minimum atomic E-state index is -0.417. The van der Waals surface area contributed by atoms with E-state index in [0.717, 1.165) is 5.57 Å². The lowest BCUT2D eigenvalue weighted by Gasteiger charge is -2.03. The van der Waals surface area contributed by atoms with Crippen molar-refractivity contribution in [3.8, 4) is 5.75 Å². The zero-order chi connectivity index (χ0) is 12.0. The van der Waals surface area contributed by atoms with Crippen molar-refractivity contribution < 1.29 is 14.3 Å². The summed E-state index contributed by atoms with van der Waals surface area (Å²) >= 11 is 0. The Kier molecular flexibility index (Phi) is 4.33. The predicted octanol–water partition coefficient (Wildman–Crippen LogP) is 2.94. The van der Waals surface area contributed by atoms with Crippen LogP contribution in [0.3, 0.4) is 0 Å². The second-order valence-electron chi connectivity index (χ2n) is 3.20. The van der Waals surface area contributed by atoms with Crippen LogP contribution >= 0.6 is 0 Å². The molecule has 0 aliphatic carbocycles. The van der Waals surface area contributed by atoms with Gasteiger partial charge in [-0.2, -0.15) is 0 Å². The van der Waals surface area contributed by atoms with Gasteiger partial charge in [-0.1, -0.05) is 18.7 Å². The van der Waals surface area contributed by atoms with Crippen LogP contribution in [0.4, 0.5) is 0 Å². The molecule has 0 bridgehead atoms. The average molecular weight is 218 g/mol. The van der Waals surface area contributed by atoms with Crippen LogP contribution in [0.2, 0.25) is 0 Å². The van der Waals surface area contributed by atoms with E-state index in [0.29, 0.717) is 11.3 Å². The van der Waals surface area contributed by atoms with E-state index < -0.39 is 5.97 Å². The van der Waals surface area contributed by atoms with Crippen LogP contribution in [0, 0.1) is 0 Å². The zero-order valence-electron chi connectivity index (χ0n) is 9.40. The first kappa shape index (κ1) is 12.0. The van der Waals surface area contributed by atoms with E-state index in [-0.39, 0.29) is 0 Å². The van der Waals surface area contributed by atoms with Crippen LogP contribution in [0.5, 0.6) is 5.75 Å². The molecule has 1 aromatic rings. The molecular formula is C13H14O3. The quantitative estimate of drug-likeness (QED) is 0.443. The highest BCUT2D eigenvalue weighted by Crippen LogP contribution is 2.13. The SMILES string of the molecule is C=C/C(C)=C\OC(=O)c1cccc(OC)c1. The van der Waals surface area contributed by atoms with Gasteiger partial charge >= 0.3 is 5.97 Å². The van der Waals surface area contributed by atoms with Crippen molar-refractivity contribution in [2.24, 2.45) is 0 Å². The van der Waals surface area contributed by atoms with E-state index in [1.54, 1.807) is 44.4 Å². The molecule has 0 saturated carbocycles. The normalized spacial score (nSPS) is 10.8. The Balaban J connectivity index is 2.76. The van der Waals surface area contributed by atoms with Gasteiger partial charge in [-0.3, -0.25) is 0 Å². The maximum atomic E-state index is 11.6. The molecule has 0 aromatic heterocycles. The maximum absolute atomic E-state index is 11.6. The average Bonchev–Trinajstić information content (AvgIpc) is 2.35. The highest BCUT2D eigenvalue weighted by molar-refractivity contribution is 5.90. The lowest BCUT2D eigenvalue weighted by atomic mass is 10.2. The lowest BCUT2D eigenvalue weighted by Crippen LogP contribution is -2.01. The number of methoxy groups -OCH3 is 1. The van der Waals surface area contributed by atoms with Crippen molar-refractivity contribution in [3.05, 3.63) is 54.3 Å². The summed E-state index contributed by atoms with van der Waals surface area (Å²) in [5.41, 5.74) is 1.24. The number of esters is 1. The number of carbonyl (C=O) groups excluding carboxylic acids is 1. The van der Waals surface area contributed by atoms with E-state index in [2.05, 4.69) is 6.58 Å². The summed E-state index contributed by atoms with van der Waals surface area (Å²) in [6, 6.07) is 6.79. The maximum Gasteiger partial charge on any atom is 0.343 e. The summed E-state index contributed by atoms with van der Waals surface area (Å²) in [6.45, 7) is 5.36. The number of benzene rings is 1. The van der Waals surface area contributed by atoms with Gasteiger partial charge in [-0.05, 0) is 30.7 Å². The standard InChI is InChI=1S/C13H14O3/c1-4-10(2)9-16-13(14)11-6-5-7-12(8-11)15-3/h4-9H,1H2,2-3H3/b10-9-. The first-order chi connectivity index (χ1) is 7.67. The number of hydrogen-bond acceptors (Lipinski definition) is 3. The van der Waals surface area contributed by atoms with E-state index in [1.807, 2.05) is 0 Å². The smallest absolute Gasteiger partial charge is 0.343 e. The lowest BCUT2D eigenvalue weighted by molar-refractivity contribution is 0.0661. The van der Waals surface area contributed by atoms with E-state index in [1.165, 1.54) is 6.26 Å². The number of allylic oxidation sites excluding steroid dienone is 2. The van der Waals surface area contributed by atoms with Crippen molar-refractivity contribution in [2.45, 2.75) is 6.92 Å². The van der Waals surface area contributed by atoms with Crippen LogP contribution < -0.4 is 4.74 Å². The highest BCUT2D eigenvalue weighted by atomic mass is 16.5. The van der Waals surface area contributed by atoms with Crippen molar-refractivity contribution in [3.63, 3.8) is 0 Å². The van der Waals surface area contributed by atoms with Gasteiger partial charge in [-0.25, -0.2) is 4.79 Å². The van der Waals surface area contributed by atoms with Gasteiger partial charge < -0.3 is 9.47 Å². The van der Waals surface area contributed by atoms with Gasteiger partial charge in [0.25, 0.3) is 0 Å². The fourth-order valence-electron chi connectivity index (χ4n) is 1.01. The van der Waals surface area contributed by atoms with Crippen LogP contribution in [-0.4, -0.2) is 13.1 Å². The van der Waals surface area contributed by atoms with Gasteiger partial charge in [-0.15, -0.1) is 0 Å². The summed E-state index contributed by atoms with van der Waals surface area (Å²) in [7, 11) is 1.55. The summed E-state index contributed by atoms with van der Waals surface area (Å²) in [5, 5.41) is 0. The van der Waals surface area contributed by atoms with Crippen molar-refractivity contribution in [1.82, 2.24) is 0 Å². The molecule has 3 nitrogen and oxygen atoms in total. The molecule has 0 radical (unpaired) electrons. The summed E-state index contributed by atoms with van der Waals surface area (Å²) in [5.74, 6) is 0.207. The fourth-order valence-corrected chi connectivity index (χ4v) is 1.01. The molecule has 0 heterocycles. The van der Waals surface area contributed by atoms with Gasteiger partial charge in [0, 0.05) is 0 Å². The molecule has 0 atom stereocenters. The Bertz CT molecular complexity index is 419. The fraction of sp³-hybridized carbons (Fsp3) is 0.154. The molecule has 0 spiro atoms. The number of hydrogen-bond donors (Lipinski definition) is 0. The summed E-state index contributed by atoms with van der Waals surface area (Å²) in [4.78, 5) is 11.6. The molecule has 0 fully saturated rings. The molecule has 1 aromatic carbocycles. The van der Waals surface area contributed by atoms with Crippen LogP contribution in [-0.2, 0) is 4.74 Å². The Morgan fingerprint density at radius 1 is 1.44 bits per heavy atom. The number of rotatable bonds is 4. The van der Waals surface area contributed by atoms with Crippen molar-refractivity contribution in [2.75, 3.05) is 7.11 Å². The van der Waals surface area contributed by atoms with Crippen LogP contribution in [0.25, 0.3) is 0 Å². The minimum absolute atomic E-state index is 0.417.